The van der Waals surface area contributed by atoms with Gasteiger partial charge in [0.05, 0.1) is 4.92 Å². The predicted molar refractivity (Wildman–Crippen MR) is 112 cm³/mol. The second-order valence-electron chi connectivity index (χ2n) is 7.74. The maximum atomic E-state index is 13.2. The summed E-state index contributed by atoms with van der Waals surface area (Å²) in [6.45, 7) is 7.45. The fourth-order valence-electron chi connectivity index (χ4n) is 3.45. The minimum Gasteiger partial charge on any atom is -0.346 e. The Labute approximate surface area is 170 Å². The number of halogens is 1. The highest BCUT2D eigenvalue weighted by atomic mass is 19.1. The summed E-state index contributed by atoms with van der Waals surface area (Å²) in [7, 11) is 0. The summed E-state index contributed by atoms with van der Waals surface area (Å²) < 4.78 is 15.3. The molecule has 0 aliphatic rings. The van der Waals surface area contributed by atoms with Crippen molar-refractivity contribution in [2.24, 2.45) is 5.92 Å². The monoisotopic (exact) mass is 395 g/mol. The molecule has 0 aliphatic carbocycles. The first-order valence-electron chi connectivity index (χ1n) is 9.75. The van der Waals surface area contributed by atoms with Crippen molar-refractivity contribution in [3.05, 3.63) is 99.6 Å². The minimum atomic E-state index is -0.377. The lowest BCUT2D eigenvalue weighted by atomic mass is 10.1. The van der Waals surface area contributed by atoms with Gasteiger partial charge in [0.1, 0.15) is 5.82 Å². The van der Waals surface area contributed by atoms with Gasteiger partial charge in [-0.25, -0.2) is 4.39 Å². The number of non-ortho nitro benzene ring substituents is 1. The van der Waals surface area contributed by atoms with Gasteiger partial charge in [-0.15, -0.1) is 0 Å². The molecule has 1 aromatic heterocycles. The molecule has 0 unspecified atom stereocenters. The molecule has 0 bridgehead atoms. The van der Waals surface area contributed by atoms with Crippen LogP contribution in [0.2, 0.25) is 0 Å². The molecule has 5 nitrogen and oxygen atoms in total. The van der Waals surface area contributed by atoms with E-state index in [0.717, 1.165) is 30.8 Å². The van der Waals surface area contributed by atoms with E-state index in [9.17, 15) is 14.5 Å². The number of benzene rings is 2. The average Bonchev–Trinajstić information content (AvgIpc) is 3.10. The Morgan fingerprint density at radius 1 is 1.00 bits per heavy atom. The van der Waals surface area contributed by atoms with Gasteiger partial charge < -0.3 is 4.57 Å². The van der Waals surface area contributed by atoms with Crippen molar-refractivity contribution in [1.82, 2.24) is 9.47 Å². The first-order chi connectivity index (χ1) is 13.9. The molecule has 152 valence electrons. The van der Waals surface area contributed by atoms with E-state index in [1.54, 1.807) is 12.1 Å². The summed E-state index contributed by atoms with van der Waals surface area (Å²) in [5, 5.41) is 10.9. The molecule has 2 aromatic carbocycles. The van der Waals surface area contributed by atoms with E-state index in [1.165, 1.54) is 17.8 Å². The van der Waals surface area contributed by atoms with Crippen LogP contribution in [-0.2, 0) is 19.6 Å². The lowest BCUT2D eigenvalue weighted by molar-refractivity contribution is -0.384. The van der Waals surface area contributed by atoms with E-state index in [0.29, 0.717) is 12.5 Å². The average molecular weight is 395 g/mol. The SMILES string of the molecule is CC(C)CN(Cc1ccc([N+](=O)[O-])cc1)Cc1cccn1Cc1ccc(F)cc1. The topological polar surface area (TPSA) is 51.3 Å². The molecular weight excluding hydrogens is 369 g/mol. The van der Waals surface area contributed by atoms with Crippen LogP contribution in [0.5, 0.6) is 0 Å². The Kier molecular flexibility index (Phi) is 6.77. The molecule has 3 aromatic rings. The quantitative estimate of drug-likeness (QED) is 0.368. The zero-order valence-electron chi connectivity index (χ0n) is 16.8. The van der Waals surface area contributed by atoms with Gasteiger partial charge in [-0.3, -0.25) is 15.0 Å². The van der Waals surface area contributed by atoms with Crippen LogP contribution in [-0.4, -0.2) is 20.9 Å². The van der Waals surface area contributed by atoms with Crippen LogP contribution in [0.4, 0.5) is 10.1 Å². The molecule has 0 N–H and O–H groups in total. The summed E-state index contributed by atoms with van der Waals surface area (Å²) in [5.74, 6) is 0.265. The normalized spacial score (nSPS) is 11.3. The number of hydrogen-bond donors (Lipinski definition) is 0. The lowest BCUT2D eigenvalue weighted by Gasteiger charge is -2.25. The minimum absolute atomic E-state index is 0.109. The standard InChI is InChI=1S/C23H26FN3O2/c1-18(2)14-25(15-19-7-11-22(12-8-19)27(28)29)17-23-4-3-13-26(23)16-20-5-9-21(24)10-6-20/h3-13,18H,14-17H2,1-2H3. The number of rotatable bonds is 9. The number of nitrogens with zero attached hydrogens (tertiary/aromatic N) is 3. The van der Waals surface area contributed by atoms with E-state index >= 15 is 0 Å². The van der Waals surface area contributed by atoms with Crippen LogP contribution in [0, 0.1) is 21.8 Å². The van der Waals surface area contributed by atoms with E-state index < -0.39 is 0 Å². The van der Waals surface area contributed by atoms with Crippen molar-refractivity contribution in [3.63, 3.8) is 0 Å². The number of nitro groups is 1. The van der Waals surface area contributed by atoms with E-state index in [-0.39, 0.29) is 16.4 Å². The van der Waals surface area contributed by atoms with Crippen molar-refractivity contribution >= 4 is 5.69 Å². The summed E-state index contributed by atoms with van der Waals surface area (Å²) >= 11 is 0. The van der Waals surface area contributed by atoms with Crippen molar-refractivity contribution in [1.29, 1.82) is 0 Å². The highest BCUT2D eigenvalue weighted by molar-refractivity contribution is 5.32. The van der Waals surface area contributed by atoms with E-state index in [2.05, 4.69) is 29.4 Å². The van der Waals surface area contributed by atoms with Gasteiger partial charge >= 0.3 is 0 Å². The Hall–Kier alpha value is -2.99. The second kappa shape index (κ2) is 9.47. The third-order valence-corrected chi connectivity index (χ3v) is 4.75. The third-order valence-electron chi connectivity index (χ3n) is 4.75. The molecule has 0 saturated carbocycles. The van der Waals surface area contributed by atoms with Crippen LogP contribution < -0.4 is 0 Å². The summed E-state index contributed by atoms with van der Waals surface area (Å²) in [5.41, 5.74) is 3.39. The Morgan fingerprint density at radius 2 is 1.66 bits per heavy atom. The fraction of sp³-hybridized carbons (Fsp3) is 0.304. The van der Waals surface area contributed by atoms with Crippen LogP contribution in [0.15, 0.2) is 66.9 Å². The van der Waals surface area contributed by atoms with Crippen LogP contribution >= 0.6 is 0 Å². The zero-order chi connectivity index (χ0) is 20.8. The molecule has 0 amide bonds. The van der Waals surface area contributed by atoms with Gasteiger partial charge in [0.2, 0.25) is 0 Å². The van der Waals surface area contributed by atoms with Gasteiger partial charge in [0.25, 0.3) is 5.69 Å². The molecule has 0 saturated heterocycles. The zero-order valence-corrected chi connectivity index (χ0v) is 16.8. The fourth-order valence-corrected chi connectivity index (χ4v) is 3.45. The summed E-state index contributed by atoms with van der Waals surface area (Å²) in [6, 6.07) is 17.5. The van der Waals surface area contributed by atoms with Crippen LogP contribution in [0.1, 0.15) is 30.7 Å². The Morgan fingerprint density at radius 3 is 2.28 bits per heavy atom. The predicted octanol–water partition coefficient (Wildman–Crippen LogP) is 5.24. The molecule has 0 spiro atoms. The highest BCUT2D eigenvalue weighted by Crippen LogP contribution is 2.17. The molecule has 0 fully saturated rings. The van der Waals surface area contributed by atoms with Gasteiger partial charge in [-0.1, -0.05) is 38.1 Å². The number of hydrogen-bond acceptors (Lipinski definition) is 3. The highest BCUT2D eigenvalue weighted by Gasteiger charge is 2.13. The van der Waals surface area contributed by atoms with Gasteiger partial charge in [0, 0.05) is 50.2 Å². The van der Waals surface area contributed by atoms with Gasteiger partial charge in [-0.2, -0.15) is 0 Å². The van der Waals surface area contributed by atoms with E-state index in [1.807, 2.05) is 36.5 Å². The second-order valence-corrected chi connectivity index (χ2v) is 7.74. The number of aromatic nitrogens is 1. The third kappa shape index (κ3) is 5.99. The van der Waals surface area contributed by atoms with Gasteiger partial charge in [0.15, 0.2) is 0 Å². The smallest absolute Gasteiger partial charge is 0.269 e. The van der Waals surface area contributed by atoms with Crippen molar-refractivity contribution < 1.29 is 9.31 Å². The summed E-state index contributed by atoms with van der Waals surface area (Å²) in [4.78, 5) is 12.8. The molecule has 6 heteroatoms. The van der Waals surface area contributed by atoms with Crippen LogP contribution in [0.25, 0.3) is 0 Å². The maximum absolute atomic E-state index is 13.2. The molecule has 0 atom stereocenters. The molecule has 1 heterocycles. The van der Waals surface area contributed by atoms with Crippen LogP contribution in [0.3, 0.4) is 0 Å². The lowest BCUT2D eigenvalue weighted by Crippen LogP contribution is -2.28. The maximum Gasteiger partial charge on any atom is 0.269 e. The molecule has 0 aliphatic heterocycles. The molecule has 0 radical (unpaired) electrons. The Bertz CT molecular complexity index is 934. The van der Waals surface area contributed by atoms with E-state index in [4.69, 9.17) is 0 Å². The molecular formula is C23H26FN3O2. The first kappa shape index (κ1) is 20.7. The van der Waals surface area contributed by atoms with Gasteiger partial charge in [-0.05, 0) is 41.3 Å². The van der Waals surface area contributed by atoms with Crippen molar-refractivity contribution in [2.75, 3.05) is 6.54 Å². The molecule has 3 rings (SSSR count). The Balaban J connectivity index is 1.72. The first-order valence-corrected chi connectivity index (χ1v) is 9.75. The molecule has 29 heavy (non-hydrogen) atoms. The number of nitro benzene ring substituents is 1. The van der Waals surface area contributed by atoms with Crippen molar-refractivity contribution in [2.45, 2.75) is 33.5 Å². The summed E-state index contributed by atoms with van der Waals surface area (Å²) in [6.07, 6.45) is 2.04. The largest absolute Gasteiger partial charge is 0.346 e. The van der Waals surface area contributed by atoms with Crippen molar-refractivity contribution in [3.8, 4) is 0 Å².